The number of carbonyl (C=O) groups is 2. The van der Waals surface area contributed by atoms with E-state index in [0.717, 1.165) is 12.0 Å². The number of benzene rings is 1. The quantitative estimate of drug-likeness (QED) is 0.427. The van der Waals surface area contributed by atoms with Crippen molar-refractivity contribution in [2.45, 2.75) is 58.8 Å². The fraction of sp³-hybridized carbons (Fsp3) is 0.556. The third-order valence-electron chi connectivity index (χ3n) is 3.41. The molecule has 0 spiro atoms. The predicted molar refractivity (Wildman–Crippen MR) is 84.6 cm³/mol. The van der Waals surface area contributed by atoms with Crippen molar-refractivity contribution < 1.29 is 14.3 Å². The summed E-state index contributed by atoms with van der Waals surface area (Å²) in [6, 6.07) is 7.83. The molecular formula is C18H26O3. The Bertz CT molecular complexity index is 466. The molecule has 3 heteroatoms. The highest BCUT2D eigenvalue weighted by Crippen LogP contribution is 2.22. The second-order valence-corrected chi connectivity index (χ2v) is 6.26. The summed E-state index contributed by atoms with van der Waals surface area (Å²) in [5, 5.41) is 0. The van der Waals surface area contributed by atoms with Crippen molar-refractivity contribution in [1.29, 1.82) is 0 Å². The van der Waals surface area contributed by atoms with Crippen LogP contribution in [0.25, 0.3) is 0 Å². The van der Waals surface area contributed by atoms with E-state index in [1.165, 1.54) is 5.56 Å². The van der Waals surface area contributed by atoms with Crippen molar-refractivity contribution in [2.75, 3.05) is 6.61 Å². The number of hydrogen-bond acceptors (Lipinski definition) is 3. The molecule has 0 aliphatic carbocycles. The zero-order valence-corrected chi connectivity index (χ0v) is 13.6. The second kappa shape index (κ2) is 7.96. The molecule has 3 nitrogen and oxygen atoms in total. The van der Waals surface area contributed by atoms with Crippen LogP contribution in [0, 0.1) is 0 Å². The number of ether oxygens (including phenoxy) is 1. The van der Waals surface area contributed by atoms with Crippen LogP contribution in [0.3, 0.4) is 0 Å². The molecule has 0 aromatic heterocycles. The van der Waals surface area contributed by atoms with Gasteiger partial charge in [-0.25, -0.2) is 0 Å². The van der Waals surface area contributed by atoms with E-state index in [9.17, 15) is 9.59 Å². The highest BCUT2D eigenvalue weighted by atomic mass is 16.5. The van der Waals surface area contributed by atoms with Gasteiger partial charge in [-0.3, -0.25) is 9.59 Å². The van der Waals surface area contributed by atoms with E-state index in [1.54, 1.807) is 6.92 Å². The molecule has 0 heterocycles. The van der Waals surface area contributed by atoms with Crippen LogP contribution in [0.15, 0.2) is 24.3 Å². The molecule has 1 rings (SSSR count). The molecule has 0 atom stereocenters. The minimum atomic E-state index is -0.181. The Morgan fingerprint density at radius 1 is 1.00 bits per heavy atom. The maximum absolute atomic E-state index is 12.1. The van der Waals surface area contributed by atoms with Crippen LogP contribution < -0.4 is 0 Å². The lowest BCUT2D eigenvalue weighted by Gasteiger charge is -2.18. The van der Waals surface area contributed by atoms with Crippen molar-refractivity contribution >= 4 is 11.8 Å². The summed E-state index contributed by atoms with van der Waals surface area (Å²) in [5.74, 6) is -0.0428. The van der Waals surface area contributed by atoms with Crippen LogP contribution in [0.1, 0.15) is 69.3 Å². The SMILES string of the molecule is CCOC(=O)CCCCC(=O)c1ccc(C(C)(C)C)cc1. The van der Waals surface area contributed by atoms with Crippen LogP contribution in [-0.2, 0) is 14.9 Å². The van der Waals surface area contributed by atoms with Gasteiger partial charge in [-0.2, -0.15) is 0 Å². The molecule has 1 aromatic carbocycles. The van der Waals surface area contributed by atoms with E-state index in [-0.39, 0.29) is 17.2 Å². The molecule has 0 amide bonds. The summed E-state index contributed by atoms with van der Waals surface area (Å²) in [6.45, 7) is 8.66. The van der Waals surface area contributed by atoms with Gasteiger partial charge in [0.2, 0.25) is 0 Å². The lowest BCUT2D eigenvalue weighted by molar-refractivity contribution is -0.143. The molecule has 1 aromatic rings. The van der Waals surface area contributed by atoms with Crippen molar-refractivity contribution in [3.05, 3.63) is 35.4 Å². The fourth-order valence-electron chi connectivity index (χ4n) is 2.09. The fourth-order valence-corrected chi connectivity index (χ4v) is 2.09. The van der Waals surface area contributed by atoms with Gasteiger partial charge in [0.05, 0.1) is 6.61 Å². The highest BCUT2D eigenvalue weighted by molar-refractivity contribution is 5.96. The summed E-state index contributed by atoms with van der Waals surface area (Å²) < 4.78 is 4.85. The number of hydrogen-bond donors (Lipinski definition) is 0. The lowest BCUT2D eigenvalue weighted by Crippen LogP contribution is -2.11. The molecule has 0 N–H and O–H groups in total. The van der Waals surface area contributed by atoms with Gasteiger partial charge in [-0.1, -0.05) is 45.0 Å². The molecule has 0 aliphatic heterocycles. The standard InChI is InChI=1S/C18H26O3/c1-5-21-17(20)9-7-6-8-16(19)14-10-12-15(13-11-14)18(2,3)4/h10-13H,5-9H2,1-4H3. The zero-order chi connectivity index (χ0) is 15.9. The van der Waals surface area contributed by atoms with E-state index >= 15 is 0 Å². The monoisotopic (exact) mass is 290 g/mol. The van der Waals surface area contributed by atoms with Gasteiger partial charge in [0.1, 0.15) is 0 Å². The Labute approximate surface area is 127 Å². The molecular weight excluding hydrogens is 264 g/mol. The second-order valence-electron chi connectivity index (χ2n) is 6.26. The summed E-state index contributed by atoms with van der Waals surface area (Å²) in [4.78, 5) is 23.2. The van der Waals surface area contributed by atoms with Crippen molar-refractivity contribution in [3.8, 4) is 0 Å². The first-order valence-electron chi connectivity index (χ1n) is 7.64. The van der Waals surface area contributed by atoms with Gasteiger partial charge >= 0.3 is 5.97 Å². The zero-order valence-electron chi connectivity index (χ0n) is 13.6. The van der Waals surface area contributed by atoms with E-state index < -0.39 is 0 Å². The van der Waals surface area contributed by atoms with Crippen molar-refractivity contribution in [1.82, 2.24) is 0 Å². The van der Waals surface area contributed by atoms with Crippen molar-refractivity contribution in [2.24, 2.45) is 0 Å². The summed E-state index contributed by atoms with van der Waals surface area (Å²) in [6.07, 6.45) is 2.29. The smallest absolute Gasteiger partial charge is 0.305 e. The first-order valence-corrected chi connectivity index (χ1v) is 7.64. The number of carbonyl (C=O) groups excluding carboxylic acids is 2. The number of unbranched alkanes of at least 4 members (excludes halogenated alkanes) is 1. The summed E-state index contributed by atoms with van der Waals surface area (Å²) >= 11 is 0. The van der Waals surface area contributed by atoms with Crippen LogP contribution in [-0.4, -0.2) is 18.4 Å². The Balaban J connectivity index is 2.41. The normalized spacial score (nSPS) is 11.2. The number of Topliss-reactive ketones (excluding diaryl/α,β-unsaturated/α-hetero) is 1. The van der Waals surface area contributed by atoms with Gasteiger partial charge < -0.3 is 4.74 Å². The highest BCUT2D eigenvalue weighted by Gasteiger charge is 2.14. The molecule has 0 unspecified atom stereocenters. The van der Waals surface area contributed by atoms with Gasteiger partial charge in [0, 0.05) is 18.4 Å². The Hall–Kier alpha value is -1.64. The molecule has 0 bridgehead atoms. The lowest BCUT2D eigenvalue weighted by atomic mass is 9.86. The maximum Gasteiger partial charge on any atom is 0.305 e. The van der Waals surface area contributed by atoms with Crippen LogP contribution in [0.4, 0.5) is 0 Å². The maximum atomic E-state index is 12.1. The first-order chi connectivity index (χ1) is 9.84. The summed E-state index contributed by atoms with van der Waals surface area (Å²) in [5.41, 5.74) is 2.07. The predicted octanol–water partition coefficient (Wildman–Crippen LogP) is 4.29. The average Bonchev–Trinajstić information content (AvgIpc) is 2.43. The van der Waals surface area contributed by atoms with E-state index in [1.807, 2.05) is 24.3 Å². The van der Waals surface area contributed by atoms with Gasteiger partial charge in [0.25, 0.3) is 0 Å². The van der Waals surface area contributed by atoms with Crippen LogP contribution in [0.2, 0.25) is 0 Å². The molecule has 0 saturated heterocycles. The number of rotatable bonds is 7. The minimum Gasteiger partial charge on any atom is -0.466 e. The average molecular weight is 290 g/mol. The van der Waals surface area contributed by atoms with Crippen LogP contribution >= 0.6 is 0 Å². The Morgan fingerprint density at radius 2 is 1.57 bits per heavy atom. The van der Waals surface area contributed by atoms with E-state index in [0.29, 0.717) is 25.9 Å². The van der Waals surface area contributed by atoms with Gasteiger partial charge in [0.15, 0.2) is 5.78 Å². The topological polar surface area (TPSA) is 43.4 Å². The molecule has 0 radical (unpaired) electrons. The number of esters is 1. The van der Waals surface area contributed by atoms with E-state index in [4.69, 9.17) is 4.74 Å². The summed E-state index contributed by atoms with van der Waals surface area (Å²) in [7, 11) is 0. The van der Waals surface area contributed by atoms with E-state index in [2.05, 4.69) is 20.8 Å². The van der Waals surface area contributed by atoms with Crippen molar-refractivity contribution in [3.63, 3.8) is 0 Å². The third kappa shape index (κ3) is 6.11. The number of ketones is 1. The molecule has 116 valence electrons. The van der Waals surface area contributed by atoms with Gasteiger partial charge in [-0.05, 0) is 30.7 Å². The molecule has 0 fully saturated rings. The van der Waals surface area contributed by atoms with Crippen LogP contribution in [0.5, 0.6) is 0 Å². The first kappa shape index (κ1) is 17.4. The molecule has 21 heavy (non-hydrogen) atoms. The Kier molecular flexibility index (Phi) is 6.60. The largest absolute Gasteiger partial charge is 0.466 e. The molecule has 0 aliphatic rings. The van der Waals surface area contributed by atoms with Gasteiger partial charge in [-0.15, -0.1) is 0 Å². The Morgan fingerprint density at radius 3 is 2.10 bits per heavy atom. The minimum absolute atomic E-state index is 0.0984. The molecule has 0 saturated carbocycles. The third-order valence-corrected chi connectivity index (χ3v) is 3.41.